The SMILES string of the molecule is CC/C=C\C/C=C\C/C=C\C/C=C\C/C=C\C/C=C\CCC(=O)OCC(COP(=O)(O)OCC(O)COP(=O)(O)OCC(COC(=O)CCCCCCC/C=C\C/C=C\CCCCC)OC(=O)CCCCCCC/C=C\CCCC)OC(=O)CC/C=C\C/C=C\C/C=C\C/C=C\C/C=C\C/C=C\CC. The monoisotopic (exact) mass is 1490 g/mol. The number of esters is 4. The third-order valence-corrected chi connectivity index (χ3v) is 17.3. The average Bonchev–Trinajstić information content (AvgIpc) is 0.928. The van der Waals surface area contributed by atoms with Crippen molar-refractivity contribution in [3.05, 3.63) is 182 Å². The van der Waals surface area contributed by atoms with Gasteiger partial charge < -0.3 is 33.8 Å². The van der Waals surface area contributed by atoms with Crippen LogP contribution in [0.4, 0.5) is 0 Å². The van der Waals surface area contributed by atoms with Crippen molar-refractivity contribution in [2.24, 2.45) is 0 Å². The lowest BCUT2D eigenvalue weighted by molar-refractivity contribution is -0.161. The molecule has 0 rings (SSSR count). The molecule has 0 aromatic rings. The zero-order chi connectivity index (χ0) is 76.0. The first-order chi connectivity index (χ1) is 50.7. The van der Waals surface area contributed by atoms with Gasteiger partial charge in [0.2, 0.25) is 0 Å². The Morgan fingerprint density at radius 3 is 0.885 bits per heavy atom. The van der Waals surface area contributed by atoms with Gasteiger partial charge in [-0.2, -0.15) is 0 Å². The molecule has 0 aromatic heterocycles. The molecule has 0 amide bonds. The smallest absolute Gasteiger partial charge is 0.462 e. The van der Waals surface area contributed by atoms with E-state index in [9.17, 15) is 43.2 Å². The fourth-order valence-corrected chi connectivity index (χ4v) is 11.0. The molecule has 0 heterocycles. The number of phosphoric acid groups is 2. The molecule has 104 heavy (non-hydrogen) atoms. The average molecular weight is 1490 g/mol. The number of allylic oxidation sites excluding steroid dienone is 30. The molecule has 0 saturated heterocycles. The van der Waals surface area contributed by atoms with Crippen LogP contribution in [0.2, 0.25) is 0 Å². The molecule has 588 valence electrons. The highest BCUT2D eigenvalue weighted by Gasteiger charge is 2.30. The third kappa shape index (κ3) is 74.4. The zero-order valence-corrected chi connectivity index (χ0v) is 65.9. The van der Waals surface area contributed by atoms with Gasteiger partial charge in [-0.05, 0) is 154 Å². The fourth-order valence-electron chi connectivity index (χ4n) is 9.46. The molecule has 0 aliphatic carbocycles. The minimum absolute atomic E-state index is 0.0127. The summed E-state index contributed by atoms with van der Waals surface area (Å²) in [6.45, 7) is 4.35. The first-order valence-corrected chi connectivity index (χ1v) is 42.0. The first-order valence-electron chi connectivity index (χ1n) is 39.0. The Morgan fingerprint density at radius 1 is 0.279 bits per heavy atom. The second kappa shape index (κ2) is 75.4. The number of carbonyl (C=O) groups excluding carboxylic acids is 4. The maximum atomic E-state index is 13.1. The molecular weight excluding hydrogens is 1350 g/mol. The first kappa shape index (κ1) is 98.2. The molecule has 5 atom stereocenters. The number of aliphatic hydroxyl groups is 1. The minimum atomic E-state index is -5.02. The number of rotatable bonds is 71. The minimum Gasteiger partial charge on any atom is -0.462 e. The van der Waals surface area contributed by atoms with Crippen LogP contribution in [-0.2, 0) is 65.4 Å². The van der Waals surface area contributed by atoms with Crippen LogP contribution in [0.3, 0.4) is 0 Å². The number of phosphoric ester groups is 2. The number of ether oxygens (including phenoxy) is 4. The standard InChI is InChI=1S/C85H136O17P2/c1-5-9-13-17-21-25-29-32-35-37-39-41-44-47-51-54-58-62-66-70-83(88)96-76-81(102-85(90)72-68-64-60-56-52-48-45-42-40-38-36-33-30-26-22-18-14-10-6-2)78-100-104(93,94)98-74-79(86)73-97-103(91,92)99-77-80(101-84(89)71-67-63-59-55-49-28-24-20-16-12-8-4)75-95-82(87)69-65-61-57-53-50-46-43-34-31-27-23-19-15-11-7-3/h9-10,13-14,20-27,32-36,39-43,47-48,51-52,58,60,62,64,79-81,86H,5-8,11-12,15-19,28-31,37-38,44-46,49-50,53-57,59,61,63,65-78H2,1-4H3,(H,91,92)(H,93,94)/b13-9-,14-10-,24-20-,25-21-,26-22-,27-23-,35-32-,36-33-,41-39-,42-40-,43-34-,51-47-,52-48-,62-58-,64-60-. The largest absolute Gasteiger partial charge is 0.472 e. The molecule has 0 spiro atoms. The lowest BCUT2D eigenvalue weighted by Gasteiger charge is -2.21. The third-order valence-electron chi connectivity index (χ3n) is 15.4. The summed E-state index contributed by atoms with van der Waals surface area (Å²) in [5.41, 5.74) is 0. The van der Waals surface area contributed by atoms with E-state index in [0.29, 0.717) is 38.5 Å². The van der Waals surface area contributed by atoms with Crippen molar-refractivity contribution >= 4 is 39.5 Å². The maximum Gasteiger partial charge on any atom is 0.472 e. The van der Waals surface area contributed by atoms with E-state index in [1.54, 1.807) is 0 Å². The van der Waals surface area contributed by atoms with E-state index in [2.05, 4.69) is 174 Å². The van der Waals surface area contributed by atoms with Gasteiger partial charge in [-0.3, -0.25) is 37.3 Å². The van der Waals surface area contributed by atoms with Gasteiger partial charge in [0.25, 0.3) is 0 Å². The number of unbranched alkanes of at least 4 members (excludes halogenated alkanes) is 15. The molecule has 0 aromatic carbocycles. The summed E-state index contributed by atoms with van der Waals surface area (Å²) in [6, 6.07) is 0. The van der Waals surface area contributed by atoms with E-state index < -0.39 is 97.5 Å². The van der Waals surface area contributed by atoms with Crippen molar-refractivity contribution in [3.63, 3.8) is 0 Å². The molecule has 0 aliphatic heterocycles. The van der Waals surface area contributed by atoms with Crippen molar-refractivity contribution in [2.45, 2.75) is 290 Å². The summed E-state index contributed by atoms with van der Waals surface area (Å²) >= 11 is 0. The van der Waals surface area contributed by atoms with Crippen molar-refractivity contribution in [3.8, 4) is 0 Å². The molecule has 0 aliphatic rings. The molecule has 5 unspecified atom stereocenters. The summed E-state index contributed by atoms with van der Waals surface area (Å²) in [5.74, 6) is -2.42. The highest BCUT2D eigenvalue weighted by molar-refractivity contribution is 7.47. The van der Waals surface area contributed by atoms with Crippen LogP contribution >= 0.6 is 15.6 Å². The Bertz CT molecular complexity index is 2690. The summed E-state index contributed by atoms with van der Waals surface area (Å²) in [7, 11) is -10.0. The Labute approximate surface area is 628 Å². The molecule has 17 nitrogen and oxygen atoms in total. The molecule has 0 bridgehead atoms. The Morgan fingerprint density at radius 2 is 0.529 bits per heavy atom. The molecule has 3 N–H and O–H groups in total. The Balaban J connectivity index is 5.52. The summed E-state index contributed by atoms with van der Waals surface area (Å²) < 4.78 is 68.3. The summed E-state index contributed by atoms with van der Waals surface area (Å²) in [4.78, 5) is 72.8. The Kier molecular flexibility index (Phi) is 71.2. The normalized spacial score (nSPS) is 14.9. The van der Waals surface area contributed by atoms with Crippen LogP contribution in [-0.4, -0.2) is 96.7 Å². The van der Waals surface area contributed by atoms with Crippen molar-refractivity contribution in [2.75, 3.05) is 39.6 Å². The predicted molar refractivity (Wildman–Crippen MR) is 426 cm³/mol. The molecular formula is C85H136O17P2. The number of hydrogen-bond acceptors (Lipinski definition) is 15. The van der Waals surface area contributed by atoms with Crippen molar-refractivity contribution in [1.29, 1.82) is 0 Å². The fraction of sp³-hybridized carbons (Fsp3) is 0.600. The van der Waals surface area contributed by atoms with Gasteiger partial charge in [-0.25, -0.2) is 9.13 Å². The molecule has 0 saturated carbocycles. The number of hydrogen-bond donors (Lipinski definition) is 3. The topological polar surface area (TPSA) is 237 Å². The van der Waals surface area contributed by atoms with Crippen LogP contribution in [0.5, 0.6) is 0 Å². The van der Waals surface area contributed by atoms with Gasteiger partial charge in [0.15, 0.2) is 12.2 Å². The van der Waals surface area contributed by atoms with Gasteiger partial charge in [0.1, 0.15) is 19.3 Å². The highest BCUT2D eigenvalue weighted by atomic mass is 31.2. The van der Waals surface area contributed by atoms with E-state index >= 15 is 0 Å². The second-order valence-electron chi connectivity index (χ2n) is 25.2. The van der Waals surface area contributed by atoms with Crippen molar-refractivity contribution in [1.82, 2.24) is 0 Å². The number of carbonyl (C=O) groups is 4. The van der Waals surface area contributed by atoms with Crippen molar-refractivity contribution < 1.29 is 80.2 Å². The van der Waals surface area contributed by atoms with E-state index in [1.807, 2.05) is 36.5 Å². The second-order valence-corrected chi connectivity index (χ2v) is 28.1. The summed E-state index contributed by atoms with van der Waals surface area (Å²) in [5, 5.41) is 10.6. The van der Waals surface area contributed by atoms with Crippen LogP contribution in [0.25, 0.3) is 0 Å². The van der Waals surface area contributed by atoms with Gasteiger partial charge in [-0.1, -0.05) is 274 Å². The van der Waals surface area contributed by atoms with Gasteiger partial charge in [0.05, 0.1) is 26.4 Å². The van der Waals surface area contributed by atoms with Gasteiger partial charge >= 0.3 is 39.5 Å². The highest BCUT2D eigenvalue weighted by Crippen LogP contribution is 2.45. The van der Waals surface area contributed by atoms with Crippen LogP contribution in [0.15, 0.2) is 182 Å². The lowest BCUT2D eigenvalue weighted by Crippen LogP contribution is -2.30. The van der Waals surface area contributed by atoms with Crippen LogP contribution in [0, 0.1) is 0 Å². The van der Waals surface area contributed by atoms with E-state index in [4.69, 9.17) is 37.0 Å². The molecule has 0 radical (unpaired) electrons. The molecule has 19 heteroatoms. The number of aliphatic hydroxyl groups excluding tert-OH is 1. The zero-order valence-electron chi connectivity index (χ0n) is 64.1. The van der Waals surface area contributed by atoms with Crippen LogP contribution < -0.4 is 0 Å². The van der Waals surface area contributed by atoms with E-state index in [0.717, 1.165) is 148 Å². The maximum absolute atomic E-state index is 13.1. The van der Waals surface area contributed by atoms with Gasteiger partial charge in [0, 0.05) is 25.7 Å². The van der Waals surface area contributed by atoms with Gasteiger partial charge in [-0.15, -0.1) is 0 Å². The van der Waals surface area contributed by atoms with Crippen LogP contribution in [0.1, 0.15) is 272 Å². The van der Waals surface area contributed by atoms with E-state index in [-0.39, 0.29) is 25.7 Å². The quantitative estimate of drug-likeness (QED) is 0.0169. The summed E-state index contributed by atoms with van der Waals surface area (Å²) in [6.07, 6.45) is 90.6. The molecule has 0 fully saturated rings. The lowest BCUT2D eigenvalue weighted by atomic mass is 10.1. The predicted octanol–water partition coefficient (Wildman–Crippen LogP) is 22.8. The Hall–Kier alpha value is -5.84. The van der Waals surface area contributed by atoms with E-state index in [1.165, 1.54) is 32.1 Å².